The lowest BCUT2D eigenvalue weighted by Gasteiger charge is -2.11. The minimum atomic E-state index is -0.198. The highest BCUT2D eigenvalue weighted by molar-refractivity contribution is 6.10. The lowest BCUT2D eigenvalue weighted by molar-refractivity contribution is -0.212. The van der Waals surface area contributed by atoms with Crippen molar-refractivity contribution >= 4 is 16.8 Å². The number of hydrogen-bond donors (Lipinski definition) is 1. The van der Waals surface area contributed by atoms with Crippen LogP contribution < -0.4 is 5.11 Å². The van der Waals surface area contributed by atoms with Gasteiger partial charge in [-0.3, -0.25) is 0 Å². The number of fused-ring (bicyclic) bond motifs is 1. The van der Waals surface area contributed by atoms with Crippen molar-refractivity contribution in [3.63, 3.8) is 0 Å². The highest BCUT2D eigenvalue weighted by Crippen LogP contribution is 2.29. The highest BCUT2D eigenvalue weighted by Gasteiger charge is 2.12. The summed E-state index contributed by atoms with van der Waals surface area (Å²) in [5.74, 6) is -0.198. The van der Waals surface area contributed by atoms with E-state index in [4.69, 9.17) is 0 Å². The molecule has 0 unspecified atom stereocenters. The molecule has 0 aliphatic carbocycles. The molecule has 1 N–H and O–H groups in total. The van der Waals surface area contributed by atoms with Gasteiger partial charge in [0.25, 0.3) is 0 Å². The minimum Gasteiger partial charge on any atom is -0.858 e. The largest absolute Gasteiger partial charge is 0.858 e. The summed E-state index contributed by atoms with van der Waals surface area (Å²) >= 11 is 0. The van der Waals surface area contributed by atoms with E-state index in [1.807, 2.05) is 54.6 Å². The van der Waals surface area contributed by atoms with E-state index in [1.165, 1.54) is 7.05 Å². The second kappa shape index (κ2) is 4.61. The first kappa shape index (κ1) is 11.5. The number of para-hydroxylation sites is 1. The molecule has 0 spiro atoms. The average Bonchev–Trinajstić information content (AvgIpc) is 2.87. The molecule has 0 aliphatic rings. The second-order valence-electron chi connectivity index (χ2n) is 4.32. The van der Waals surface area contributed by atoms with Gasteiger partial charge in [0, 0.05) is 23.5 Å². The first-order valence-electron chi connectivity index (χ1n) is 6.11. The number of rotatable bonds is 2. The number of nitrogens with one attached hydrogen (secondary N) is 1. The molecule has 1 heterocycles. The molecule has 0 aliphatic heterocycles. The first-order valence-corrected chi connectivity index (χ1v) is 6.11. The van der Waals surface area contributed by atoms with Gasteiger partial charge in [-0.05, 0) is 17.5 Å². The number of aromatic amines is 1. The first-order chi connectivity index (χ1) is 9.31. The number of aliphatic imine (C=N–C) groups is 1. The fourth-order valence-electron chi connectivity index (χ4n) is 2.30. The number of nitrogens with zero attached hydrogens (tertiary/aromatic N) is 1. The van der Waals surface area contributed by atoms with E-state index in [0.717, 1.165) is 22.2 Å². The molecular weight excluding hydrogens is 236 g/mol. The van der Waals surface area contributed by atoms with Crippen molar-refractivity contribution in [1.29, 1.82) is 0 Å². The molecule has 1 aromatic heterocycles. The van der Waals surface area contributed by atoms with Crippen molar-refractivity contribution in [2.75, 3.05) is 7.05 Å². The van der Waals surface area contributed by atoms with Gasteiger partial charge >= 0.3 is 0 Å². The maximum Gasteiger partial charge on any atom is 0.0547 e. The fourth-order valence-corrected chi connectivity index (χ4v) is 2.30. The van der Waals surface area contributed by atoms with E-state index in [2.05, 4.69) is 9.98 Å². The van der Waals surface area contributed by atoms with Crippen LogP contribution in [0.4, 0.5) is 0 Å². The smallest absolute Gasteiger partial charge is 0.0547 e. The van der Waals surface area contributed by atoms with Crippen LogP contribution in [0.15, 0.2) is 59.6 Å². The Labute approximate surface area is 111 Å². The van der Waals surface area contributed by atoms with Crippen LogP contribution >= 0.6 is 0 Å². The summed E-state index contributed by atoms with van der Waals surface area (Å²) in [5.41, 5.74) is 3.42. The molecule has 94 valence electrons. The number of benzene rings is 2. The molecule has 3 nitrogen and oxygen atoms in total. The molecule has 3 aromatic rings. The molecule has 0 atom stereocenters. The summed E-state index contributed by atoms with van der Waals surface area (Å²) in [6.45, 7) is 0. The Balaban J connectivity index is 2.36. The van der Waals surface area contributed by atoms with E-state index in [1.54, 1.807) is 0 Å². The number of hydrogen-bond acceptors (Lipinski definition) is 2. The van der Waals surface area contributed by atoms with Gasteiger partial charge in [0.2, 0.25) is 0 Å². The zero-order valence-electron chi connectivity index (χ0n) is 10.6. The van der Waals surface area contributed by atoms with Crippen LogP contribution in [0.3, 0.4) is 0 Å². The molecule has 0 radical (unpaired) electrons. The van der Waals surface area contributed by atoms with Crippen LogP contribution in [0, 0.1) is 0 Å². The Kier molecular flexibility index (Phi) is 2.80. The minimum absolute atomic E-state index is 0.198. The fraction of sp³-hybridized carbons (Fsp3) is 0.0625. The normalized spacial score (nSPS) is 11.9. The highest BCUT2D eigenvalue weighted by atomic mass is 16.3. The lowest BCUT2D eigenvalue weighted by Crippen LogP contribution is -2.19. The maximum absolute atomic E-state index is 12.1. The van der Waals surface area contributed by atoms with Crippen LogP contribution in [-0.2, 0) is 0 Å². The van der Waals surface area contributed by atoms with Gasteiger partial charge in [-0.25, -0.2) is 0 Å². The summed E-state index contributed by atoms with van der Waals surface area (Å²) in [6, 6.07) is 17.6. The summed E-state index contributed by atoms with van der Waals surface area (Å²) in [4.78, 5) is 7.12. The van der Waals surface area contributed by atoms with Crippen molar-refractivity contribution < 1.29 is 5.11 Å². The second-order valence-corrected chi connectivity index (χ2v) is 4.32. The third kappa shape index (κ3) is 1.89. The topological polar surface area (TPSA) is 51.2 Å². The summed E-state index contributed by atoms with van der Waals surface area (Å²) in [6.07, 6.45) is 0. The molecule has 19 heavy (non-hydrogen) atoms. The molecule has 2 aromatic carbocycles. The number of H-pyrrole nitrogens is 1. The Morgan fingerprint density at radius 1 is 1.00 bits per heavy atom. The molecular formula is C16H13N2O-. The van der Waals surface area contributed by atoms with Gasteiger partial charge < -0.3 is 15.1 Å². The predicted molar refractivity (Wildman–Crippen MR) is 76.2 cm³/mol. The third-order valence-electron chi connectivity index (χ3n) is 3.19. The van der Waals surface area contributed by atoms with E-state index < -0.39 is 0 Å². The van der Waals surface area contributed by atoms with Crippen molar-refractivity contribution in [1.82, 2.24) is 4.98 Å². The maximum atomic E-state index is 12.1. The third-order valence-corrected chi connectivity index (χ3v) is 3.19. The van der Waals surface area contributed by atoms with Gasteiger partial charge in [0.15, 0.2) is 0 Å². The summed E-state index contributed by atoms with van der Waals surface area (Å²) in [5, 5.41) is 13.0. The van der Waals surface area contributed by atoms with E-state index in [-0.39, 0.29) is 5.90 Å². The molecule has 0 saturated carbocycles. The Morgan fingerprint density at radius 2 is 1.68 bits per heavy atom. The van der Waals surface area contributed by atoms with E-state index in [9.17, 15) is 5.11 Å². The summed E-state index contributed by atoms with van der Waals surface area (Å²) in [7, 11) is 1.53. The van der Waals surface area contributed by atoms with Crippen LogP contribution in [0.5, 0.6) is 0 Å². The van der Waals surface area contributed by atoms with Gasteiger partial charge in [-0.1, -0.05) is 48.5 Å². The van der Waals surface area contributed by atoms with Crippen molar-refractivity contribution in [2.45, 2.75) is 0 Å². The molecule has 0 amide bonds. The van der Waals surface area contributed by atoms with Crippen molar-refractivity contribution in [3.8, 4) is 11.3 Å². The van der Waals surface area contributed by atoms with Crippen LogP contribution in [-0.4, -0.2) is 17.9 Å². The van der Waals surface area contributed by atoms with Crippen LogP contribution in [0.25, 0.3) is 22.2 Å². The Bertz CT molecular complexity index is 742. The van der Waals surface area contributed by atoms with Gasteiger partial charge in [-0.2, -0.15) is 0 Å². The lowest BCUT2D eigenvalue weighted by atomic mass is 10.1. The molecule has 3 rings (SSSR count). The summed E-state index contributed by atoms with van der Waals surface area (Å²) < 4.78 is 0. The molecule has 0 bridgehead atoms. The van der Waals surface area contributed by atoms with E-state index in [0.29, 0.717) is 5.56 Å². The quantitative estimate of drug-likeness (QED) is 0.550. The Hall–Kier alpha value is -2.55. The van der Waals surface area contributed by atoms with Crippen molar-refractivity contribution in [2.24, 2.45) is 4.99 Å². The molecule has 0 saturated heterocycles. The van der Waals surface area contributed by atoms with Crippen molar-refractivity contribution in [3.05, 3.63) is 60.2 Å². The number of aromatic nitrogens is 1. The monoisotopic (exact) mass is 249 g/mol. The molecule has 3 heteroatoms. The van der Waals surface area contributed by atoms with E-state index >= 15 is 0 Å². The van der Waals surface area contributed by atoms with Gasteiger partial charge in [0.05, 0.1) is 5.69 Å². The zero-order chi connectivity index (χ0) is 13.2. The molecule has 0 fully saturated rings. The average molecular weight is 249 g/mol. The Morgan fingerprint density at radius 3 is 2.42 bits per heavy atom. The standard InChI is InChI=1S/C16H14N2O/c1-17-16(19)14-12-9-5-6-10-13(12)18-15(14)11-7-3-2-4-8-11/h2-10,18H,1H3,(H,17,19)/p-1. The van der Waals surface area contributed by atoms with Gasteiger partial charge in [0.1, 0.15) is 0 Å². The van der Waals surface area contributed by atoms with Crippen LogP contribution in [0.1, 0.15) is 5.56 Å². The van der Waals surface area contributed by atoms with Crippen LogP contribution in [0.2, 0.25) is 0 Å². The predicted octanol–water partition coefficient (Wildman–Crippen LogP) is 2.57. The SMILES string of the molecule is CN=C([O-])c1c(-c2ccccc2)[nH]c2ccccc12. The zero-order valence-corrected chi connectivity index (χ0v) is 10.6. The van der Waals surface area contributed by atoms with Gasteiger partial charge in [-0.15, -0.1) is 0 Å².